The Hall–Kier alpha value is -2.48. The number of alkyl halides is 3. The second-order valence-corrected chi connectivity index (χ2v) is 5.18. The van der Waals surface area contributed by atoms with Crippen molar-refractivity contribution in [2.75, 3.05) is 7.05 Å². The number of fused-ring (bicyclic) bond motifs is 1. The van der Waals surface area contributed by atoms with Gasteiger partial charge in [0.25, 0.3) is 0 Å². The fourth-order valence-corrected chi connectivity index (χ4v) is 2.31. The number of H-pyrrole nitrogens is 1. The van der Waals surface area contributed by atoms with Crippen molar-refractivity contribution in [2.45, 2.75) is 12.7 Å². The van der Waals surface area contributed by atoms with Crippen LogP contribution in [0.1, 0.15) is 11.3 Å². The Morgan fingerprint density at radius 1 is 1.26 bits per heavy atom. The maximum absolute atomic E-state index is 12.7. The molecule has 0 radical (unpaired) electrons. The number of aryl methyl sites for hydroxylation is 1. The largest absolute Gasteiger partial charge is 0.435 e. The lowest BCUT2D eigenvalue weighted by Crippen LogP contribution is -2.06. The number of aromatic nitrogens is 3. The first-order valence-corrected chi connectivity index (χ1v) is 6.92. The molecule has 0 aliphatic carbocycles. The molecule has 0 saturated heterocycles. The summed E-state index contributed by atoms with van der Waals surface area (Å²) in [4.78, 5) is 3.05. The van der Waals surface area contributed by atoms with Crippen LogP contribution in [0.4, 0.5) is 13.2 Å². The molecule has 3 aromatic rings. The van der Waals surface area contributed by atoms with Gasteiger partial charge in [-0.05, 0) is 18.7 Å². The van der Waals surface area contributed by atoms with Crippen LogP contribution in [0.25, 0.3) is 10.9 Å². The standard InChI is InChI=1S/C15H15F3N4O/c1-19-8-9-3-4-10-6-13(20-11(10)5-9)23-14-7-12(15(16,17)18)21-22(14)2/h3-7,19-20H,8H2,1-2H3. The molecule has 0 aliphatic heterocycles. The van der Waals surface area contributed by atoms with Crippen LogP contribution in [-0.2, 0) is 19.8 Å². The summed E-state index contributed by atoms with van der Waals surface area (Å²) >= 11 is 0. The summed E-state index contributed by atoms with van der Waals surface area (Å²) < 4.78 is 44.5. The summed E-state index contributed by atoms with van der Waals surface area (Å²) in [7, 11) is 3.26. The summed E-state index contributed by atoms with van der Waals surface area (Å²) in [6.45, 7) is 0.724. The number of hydrogen-bond acceptors (Lipinski definition) is 3. The quantitative estimate of drug-likeness (QED) is 0.773. The van der Waals surface area contributed by atoms with E-state index in [-0.39, 0.29) is 5.88 Å². The molecule has 2 heterocycles. The van der Waals surface area contributed by atoms with Crippen LogP contribution in [0.3, 0.4) is 0 Å². The van der Waals surface area contributed by atoms with E-state index in [4.69, 9.17) is 4.74 Å². The van der Waals surface area contributed by atoms with Gasteiger partial charge in [0, 0.05) is 36.6 Å². The molecule has 0 amide bonds. The highest BCUT2D eigenvalue weighted by molar-refractivity contribution is 5.82. The third kappa shape index (κ3) is 3.16. The van der Waals surface area contributed by atoms with Crippen LogP contribution in [0.5, 0.6) is 11.8 Å². The molecule has 0 bridgehead atoms. The first kappa shape index (κ1) is 15.4. The summed E-state index contributed by atoms with van der Waals surface area (Å²) in [5, 5.41) is 7.39. The molecule has 8 heteroatoms. The van der Waals surface area contributed by atoms with Gasteiger partial charge in [0.05, 0.1) is 0 Å². The fraction of sp³-hybridized carbons (Fsp3) is 0.267. The Bertz CT molecular complexity index is 835. The maximum Gasteiger partial charge on any atom is 0.435 e. The van der Waals surface area contributed by atoms with Crippen LogP contribution in [-0.4, -0.2) is 21.8 Å². The minimum absolute atomic E-state index is 0.0133. The molecule has 0 fully saturated rings. The number of ether oxygens (including phenoxy) is 1. The van der Waals surface area contributed by atoms with Gasteiger partial charge in [-0.2, -0.15) is 18.3 Å². The molecule has 2 aromatic heterocycles. The van der Waals surface area contributed by atoms with E-state index in [1.54, 1.807) is 6.07 Å². The fourth-order valence-electron chi connectivity index (χ4n) is 2.31. The van der Waals surface area contributed by atoms with Gasteiger partial charge in [-0.3, -0.25) is 0 Å². The molecule has 1 aromatic carbocycles. The van der Waals surface area contributed by atoms with E-state index < -0.39 is 11.9 Å². The van der Waals surface area contributed by atoms with Crippen molar-refractivity contribution in [1.82, 2.24) is 20.1 Å². The average molecular weight is 324 g/mol. The number of halogens is 3. The van der Waals surface area contributed by atoms with E-state index in [0.29, 0.717) is 5.88 Å². The molecule has 2 N–H and O–H groups in total. The number of nitrogens with zero attached hydrogens (tertiary/aromatic N) is 2. The molecule has 0 unspecified atom stereocenters. The first-order chi connectivity index (χ1) is 10.9. The van der Waals surface area contributed by atoms with Crippen molar-refractivity contribution >= 4 is 10.9 Å². The SMILES string of the molecule is CNCc1ccc2cc(Oc3cc(C(F)(F)F)nn3C)[nH]c2c1. The van der Waals surface area contributed by atoms with E-state index >= 15 is 0 Å². The molecule has 0 spiro atoms. The normalized spacial score (nSPS) is 12.0. The summed E-state index contributed by atoms with van der Waals surface area (Å²) in [5.74, 6) is 0.373. The molecule has 5 nitrogen and oxygen atoms in total. The van der Waals surface area contributed by atoms with Crippen LogP contribution in [0.2, 0.25) is 0 Å². The minimum Gasteiger partial charge on any atom is -0.423 e. The smallest absolute Gasteiger partial charge is 0.423 e. The van der Waals surface area contributed by atoms with Crippen molar-refractivity contribution in [3.8, 4) is 11.8 Å². The summed E-state index contributed by atoms with van der Waals surface area (Å²) in [6, 6.07) is 8.47. The Balaban J connectivity index is 1.88. The van der Waals surface area contributed by atoms with Gasteiger partial charge in [0.2, 0.25) is 11.8 Å². The highest BCUT2D eigenvalue weighted by Crippen LogP contribution is 2.32. The van der Waals surface area contributed by atoms with Crippen LogP contribution >= 0.6 is 0 Å². The van der Waals surface area contributed by atoms with E-state index in [2.05, 4.69) is 15.4 Å². The van der Waals surface area contributed by atoms with Gasteiger partial charge in [0.1, 0.15) is 0 Å². The molecule has 0 aliphatic rings. The zero-order chi connectivity index (χ0) is 16.6. The number of aromatic amines is 1. The van der Waals surface area contributed by atoms with Gasteiger partial charge < -0.3 is 15.0 Å². The van der Waals surface area contributed by atoms with Crippen LogP contribution in [0.15, 0.2) is 30.3 Å². The lowest BCUT2D eigenvalue weighted by Gasteiger charge is -2.01. The molecule has 0 saturated carbocycles. The predicted molar refractivity (Wildman–Crippen MR) is 79.3 cm³/mol. The zero-order valence-corrected chi connectivity index (χ0v) is 12.5. The first-order valence-electron chi connectivity index (χ1n) is 6.92. The van der Waals surface area contributed by atoms with Gasteiger partial charge in [-0.25, -0.2) is 4.68 Å². The molecule has 23 heavy (non-hydrogen) atoms. The third-order valence-electron chi connectivity index (χ3n) is 3.38. The predicted octanol–water partition coefficient (Wildman–Crippen LogP) is 3.43. The van der Waals surface area contributed by atoms with Crippen LogP contribution in [0, 0.1) is 0 Å². The van der Waals surface area contributed by atoms with Crippen molar-refractivity contribution in [2.24, 2.45) is 7.05 Å². The lowest BCUT2D eigenvalue weighted by atomic mass is 10.1. The van der Waals surface area contributed by atoms with Gasteiger partial charge >= 0.3 is 6.18 Å². The second kappa shape index (κ2) is 5.62. The van der Waals surface area contributed by atoms with Crippen molar-refractivity contribution in [3.63, 3.8) is 0 Å². The Labute approximate surface area is 130 Å². The van der Waals surface area contributed by atoms with Crippen molar-refractivity contribution in [1.29, 1.82) is 0 Å². The highest BCUT2D eigenvalue weighted by atomic mass is 19.4. The maximum atomic E-state index is 12.7. The summed E-state index contributed by atoms with van der Waals surface area (Å²) in [5.41, 5.74) is 0.960. The third-order valence-corrected chi connectivity index (χ3v) is 3.38. The van der Waals surface area contributed by atoms with Crippen molar-refractivity contribution in [3.05, 3.63) is 41.6 Å². The minimum atomic E-state index is -4.50. The Morgan fingerprint density at radius 3 is 2.70 bits per heavy atom. The number of benzene rings is 1. The van der Waals surface area contributed by atoms with E-state index in [9.17, 15) is 13.2 Å². The Kier molecular flexibility index (Phi) is 3.77. The van der Waals surface area contributed by atoms with Gasteiger partial charge in [-0.1, -0.05) is 12.1 Å². The molecular formula is C15H15F3N4O. The van der Waals surface area contributed by atoms with E-state index in [1.807, 2.05) is 25.2 Å². The number of hydrogen-bond donors (Lipinski definition) is 2. The molecule has 3 rings (SSSR count). The lowest BCUT2D eigenvalue weighted by molar-refractivity contribution is -0.141. The van der Waals surface area contributed by atoms with E-state index in [1.165, 1.54) is 7.05 Å². The topological polar surface area (TPSA) is 54.9 Å². The molecule has 122 valence electrons. The molecular weight excluding hydrogens is 309 g/mol. The molecule has 0 atom stereocenters. The van der Waals surface area contributed by atoms with E-state index in [0.717, 1.165) is 33.8 Å². The Morgan fingerprint density at radius 2 is 2.04 bits per heavy atom. The second-order valence-electron chi connectivity index (χ2n) is 5.18. The summed E-state index contributed by atoms with van der Waals surface area (Å²) in [6.07, 6.45) is -4.50. The van der Waals surface area contributed by atoms with Gasteiger partial charge in [-0.15, -0.1) is 0 Å². The van der Waals surface area contributed by atoms with Crippen molar-refractivity contribution < 1.29 is 17.9 Å². The number of rotatable bonds is 4. The highest BCUT2D eigenvalue weighted by Gasteiger charge is 2.35. The van der Waals surface area contributed by atoms with Gasteiger partial charge in [0.15, 0.2) is 5.69 Å². The van der Waals surface area contributed by atoms with Crippen LogP contribution < -0.4 is 10.1 Å². The zero-order valence-electron chi connectivity index (χ0n) is 12.5. The average Bonchev–Trinajstić information content (AvgIpc) is 3.02. The number of nitrogens with one attached hydrogen (secondary N) is 2. The monoisotopic (exact) mass is 324 g/mol.